The minimum absolute atomic E-state index is 0.204. The Labute approximate surface area is 156 Å². The molecule has 4 rings (SSSR count). The number of fused-ring (bicyclic) bond motifs is 1. The van der Waals surface area contributed by atoms with E-state index < -0.39 is 0 Å². The lowest BCUT2D eigenvalue weighted by molar-refractivity contribution is 0.0964. The first kappa shape index (κ1) is 16.8. The smallest absolute Gasteiger partial charge is 0.262 e. The monoisotopic (exact) mass is 355 g/mol. The Balaban J connectivity index is 1.62. The molecule has 0 radical (unpaired) electrons. The van der Waals surface area contributed by atoms with Gasteiger partial charge >= 0.3 is 0 Å². The number of aromatic nitrogens is 1. The first-order valence-corrected chi connectivity index (χ1v) is 8.63. The second-order valence-electron chi connectivity index (χ2n) is 6.20. The van der Waals surface area contributed by atoms with Gasteiger partial charge in [-0.3, -0.25) is 14.2 Å². The molecule has 0 aliphatic rings. The maximum Gasteiger partial charge on any atom is 0.262 e. The lowest BCUT2D eigenvalue weighted by Crippen LogP contribution is -2.11. The first-order chi connectivity index (χ1) is 13.3. The number of carbonyl (C=O) groups is 2. The normalized spacial score (nSPS) is 10.7. The minimum atomic E-state index is -0.204. The van der Waals surface area contributed by atoms with Crippen LogP contribution in [0.15, 0.2) is 85.1 Å². The zero-order valence-electron chi connectivity index (χ0n) is 14.5. The molecule has 4 aromatic rings. The third-order valence-electron chi connectivity index (χ3n) is 4.42. The van der Waals surface area contributed by atoms with Crippen molar-refractivity contribution in [2.75, 3.05) is 0 Å². The van der Waals surface area contributed by atoms with Crippen LogP contribution in [0, 0.1) is 0 Å². The molecule has 0 saturated carbocycles. The van der Waals surface area contributed by atoms with E-state index in [2.05, 4.69) is 0 Å². The van der Waals surface area contributed by atoms with Crippen molar-refractivity contribution in [2.45, 2.75) is 6.61 Å². The lowest BCUT2D eigenvalue weighted by Gasteiger charge is -2.09. The van der Waals surface area contributed by atoms with Crippen LogP contribution in [0.25, 0.3) is 10.9 Å². The highest BCUT2D eigenvalue weighted by Gasteiger charge is 2.15. The Bertz CT molecular complexity index is 1110. The topological polar surface area (TPSA) is 48.3 Å². The second kappa shape index (κ2) is 7.30. The van der Waals surface area contributed by atoms with Crippen LogP contribution in [0.4, 0.5) is 0 Å². The van der Waals surface area contributed by atoms with Crippen LogP contribution in [0.3, 0.4) is 0 Å². The van der Waals surface area contributed by atoms with Crippen LogP contribution in [-0.4, -0.2) is 16.8 Å². The summed E-state index contributed by atoms with van der Waals surface area (Å²) in [6, 6.07) is 24.3. The van der Waals surface area contributed by atoms with Crippen molar-refractivity contribution in [3.8, 4) is 5.75 Å². The van der Waals surface area contributed by atoms with Gasteiger partial charge in [-0.25, -0.2) is 0 Å². The van der Waals surface area contributed by atoms with Crippen molar-refractivity contribution in [2.24, 2.45) is 0 Å². The number of hydrogen-bond acceptors (Lipinski definition) is 3. The number of aldehydes is 1. The molecule has 0 spiro atoms. The van der Waals surface area contributed by atoms with E-state index in [0.717, 1.165) is 17.2 Å². The molecule has 0 saturated heterocycles. The summed E-state index contributed by atoms with van der Waals surface area (Å²) in [4.78, 5) is 24.3. The third-order valence-corrected chi connectivity index (χ3v) is 4.42. The van der Waals surface area contributed by atoms with E-state index in [0.29, 0.717) is 29.0 Å². The molecule has 0 N–H and O–H groups in total. The maximum absolute atomic E-state index is 13.0. The Morgan fingerprint density at radius 1 is 0.926 bits per heavy atom. The number of ether oxygens (including phenoxy) is 1. The van der Waals surface area contributed by atoms with Crippen molar-refractivity contribution in [3.05, 3.63) is 102 Å². The quantitative estimate of drug-likeness (QED) is 0.487. The molecule has 0 amide bonds. The fraction of sp³-hybridized carbons (Fsp3) is 0.0435. The zero-order valence-corrected chi connectivity index (χ0v) is 14.5. The van der Waals surface area contributed by atoms with Crippen LogP contribution < -0.4 is 4.74 Å². The van der Waals surface area contributed by atoms with Crippen molar-refractivity contribution in [3.63, 3.8) is 0 Å². The van der Waals surface area contributed by atoms with Gasteiger partial charge in [0.15, 0.2) is 6.29 Å². The third kappa shape index (κ3) is 3.37. The van der Waals surface area contributed by atoms with Crippen molar-refractivity contribution >= 4 is 23.1 Å². The fourth-order valence-electron chi connectivity index (χ4n) is 3.07. The van der Waals surface area contributed by atoms with Gasteiger partial charge in [0.25, 0.3) is 5.91 Å². The molecule has 27 heavy (non-hydrogen) atoms. The summed E-state index contributed by atoms with van der Waals surface area (Å²) < 4.78 is 7.32. The molecule has 0 aliphatic carbocycles. The van der Waals surface area contributed by atoms with Crippen LogP contribution >= 0.6 is 0 Å². The summed E-state index contributed by atoms with van der Waals surface area (Å²) in [5.41, 5.74) is 2.76. The molecule has 0 atom stereocenters. The van der Waals surface area contributed by atoms with Crippen LogP contribution in [0.2, 0.25) is 0 Å². The molecular formula is C23H17NO3. The first-order valence-electron chi connectivity index (χ1n) is 8.63. The number of hydrogen-bond donors (Lipinski definition) is 0. The largest absolute Gasteiger partial charge is 0.489 e. The number of para-hydroxylation sites is 1. The Morgan fingerprint density at radius 2 is 1.70 bits per heavy atom. The summed E-state index contributed by atoms with van der Waals surface area (Å²) in [5, 5.41) is 0.761. The van der Waals surface area contributed by atoms with Crippen molar-refractivity contribution < 1.29 is 14.3 Å². The number of benzene rings is 3. The van der Waals surface area contributed by atoms with E-state index in [9.17, 15) is 9.59 Å². The van der Waals surface area contributed by atoms with Gasteiger partial charge in [0.2, 0.25) is 0 Å². The summed E-state index contributed by atoms with van der Waals surface area (Å²) in [7, 11) is 0. The summed E-state index contributed by atoms with van der Waals surface area (Å²) in [5.74, 6) is 0.418. The maximum atomic E-state index is 13.0. The molecule has 0 fully saturated rings. The van der Waals surface area contributed by atoms with Gasteiger partial charge < -0.3 is 4.74 Å². The van der Waals surface area contributed by atoms with E-state index in [-0.39, 0.29) is 5.91 Å². The van der Waals surface area contributed by atoms with E-state index in [4.69, 9.17) is 4.74 Å². The van der Waals surface area contributed by atoms with Crippen LogP contribution in [0.5, 0.6) is 5.75 Å². The molecule has 1 aromatic heterocycles. The summed E-state index contributed by atoms with van der Waals surface area (Å²) in [6.07, 6.45) is 2.35. The standard InChI is InChI=1S/C23H17NO3/c25-15-19-14-24(22-12-5-4-11-21(19)22)23(26)18-9-6-10-20(13-18)27-16-17-7-2-1-3-8-17/h1-15H,16H2. The average molecular weight is 355 g/mol. The number of rotatable bonds is 5. The Morgan fingerprint density at radius 3 is 2.52 bits per heavy atom. The van der Waals surface area contributed by atoms with Gasteiger partial charge in [-0.2, -0.15) is 0 Å². The van der Waals surface area contributed by atoms with E-state index in [1.165, 1.54) is 4.57 Å². The molecule has 3 aromatic carbocycles. The summed E-state index contributed by atoms with van der Waals surface area (Å²) >= 11 is 0. The highest BCUT2D eigenvalue weighted by Crippen LogP contribution is 2.22. The van der Waals surface area contributed by atoms with E-state index >= 15 is 0 Å². The van der Waals surface area contributed by atoms with Crippen LogP contribution in [-0.2, 0) is 6.61 Å². The van der Waals surface area contributed by atoms with Gasteiger partial charge in [0, 0.05) is 22.7 Å². The molecule has 0 bridgehead atoms. The summed E-state index contributed by atoms with van der Waals surface area (Å²) in [6.45, 7) is 0.431. The number of carbonyl (C=O) groups excluding carboxylic acids is 2. The highest BCUT2D eigenvalue weighted by molar-refractivity contribution is 6.06. The highest BCUT2D eigenvalue weighted by atomic mass is 16.5. The van der Waals surface area contributed by atoms with Gasteiger partial charge in [-0.05, 0) is 29.8 Å². The van der Waals surface area contributed by atoms with Crippen molar-refractivity contribution in [1.82, 2.24) is 4.57 Å². The van der Waals surface area contributed by atoms with Gasteiger partial charge in [0.1, 0.15) is 12.4 Å². The second-order valence-corrected chi connectivity index (χ2v) is 6.20. The van der Waals surface area contributed by atoms with Gasteiger partial charge in [0.05, 0.1) is 5.52 Å². The molecule has 1 heterocycles. The predicted octanol–water partition coefficient (Wildman–Crippen LogP) is 4.72. The van der Waals surface area contributed by atoms with Gasteiger partial charge in [-0.1, -0.05) is 54.6 Å². The van der Waals surface area contributed by atoms with Crippen molar-refractivity contribution in [1.29, 1.82) is 0 Å². The Kier molecular flexibility index (Phi) is 4.54. The van der Waals surface area contributed by atoms with E-state index in [1.807, 2.05) is 60.7 Å². The molecule has 4 nitrogen and oxygen atoms in total. The van der Waals surface area contributed by atoms with Gasteiger partial charge in [-0.15, -0.1) is 0 Å². The minimum Gasteiger partial charge on any atom is -0.489 e. The molecule has 0 aliphatic heterocycles. The zero-order chi connectivity index (χ0) is 18.6. The van der Waals surface area contributed by atoms with E-state index in [1.54, 1.807) is 24.4 Å². The fourth-order valence-corrected chi connectivity index (χ4v) is 3.07. The lowest BCUT2D eigenvalue weighted by atomic mass is 10.2. The SMILES string of the molecule is O=Cc1cn(C(=O)c2cccc(OCc3ccccc3)c2)c2ccccc12. The molecular weight excluding hydrogens is 338 g/mol. The molecule has 4 heteroatoms. The predicted molar refractivity (Wildman–Crippen MR) is 104 cm³/mol. The number of nitrogens with zero attached hydrogens (tertiary/aromatic N) is 1. The average Bonchev–Trinajstić information content (AvgIpc) is 3.11. The molecule has 132 valence electrons. The van der Waals surface area contributed by atoms with Crippen LogP contribution in [0.1, 0.15) is 26.3 Å². The Hall–Kier alpha value is -3.66. The molecule has 0 unspecified atom stereocenters.